The quantitative estimate of drug-likeness (QED) is 0.776. The van der Waals surface area contributed by atoms with Crippen LogP contribution in [0.15, 0.2) is 0 Å². The van der Waals surface area contributed by atoms with Crippen molar-refractivity contribution in [3.05, 3.63) is 0 Å². The fourth-order valence-corrected chi connectivity index (χ4v) is 2.43. The Bertz CT molecular complexity index is 280. The number of rotatable bonds is 5. The number of aliphatic carboxylic acids is 1. The molecule has 0 aromatic rings. The van der Waals surface area contributed by atoms with Crippen molar-refractivity contribution in [1.82, 2.24) is 5.32 Å². The van der Waals surface area contributed by atoms with Gasteiger partial charge in [-0.1, -0.05) is 33.1 Å². The Labute approximate surface area is 103 Å². The van der Waals surface area contributed by atoms with E-state index in [1.165, 1.54) is 19.3 Å². The van der Waals surface area contributed by atoms with Gasteiger partial charge < -0.3 is 10.4 Å². The highest BCUT2D eigenvalue weighted by Crippen LogP contribution is 2.25. The summed E-state index contributed by atoms with van der Waals surface area (Å²) in [5.41, 5.74) is -0.468. The van der Waals surface area contributed by atoms with E-state index in [4.69, 9.17) is 5.11 Å². The second-order valence-corrected chi connectivity index (χ2v) is 5.81. The Morgan fingerprint density at radius 3 is 2.29 bits per heavy atom. The maximum atomic E-state index is 11.8. The van der Waals surface area contributed by atoms with Crippen molar-refractivity contribution in [1.29, 1.82) is 0 Å². The minimum Gasteiger partial charge on any atom is -0.481 e. The second-order valence-electron chi connectivity index (χ2n) is 5.81. The van der Waals surface area contributed by atoms with E-state index in [1.807, 2.05) is 13.8 Å². The molecule has 0 bridgehead atoms. The van der Waals surface area contributed by atoms with Gasteiger partial charge in [0.25, 0.3) is 0 Å². The van der Waals surface area contributed by atoms with Crippen LogP contribution in [0.4, 0.5) is 0 Å². The van der Waals surface area contributed by atoms with Crippen molar-refractivity contribution in [2.75, 3.05) is 0 Å². The summed E-state index contributed by atoms with van der Waals surface area (Å²) in [5.74, 6) is -0.858. The summed E-state index contributed by atoms with van der Waals surface area (Å²) in [6.07, 6.45) is 6.07. The lowest BCUT2D eigenvalue weighted by atomic mass is 9.85. The number of carbonyl (C=O) groups is 2. The molecule has 1 rings (SSSR count). The SMILES string of the molecule is CC(C)(CC(=O)O)CC(=O)NC1CCCCC1. The molecule has 2 N–H and O–H groups in total. The van der Waals surface area contributed by atoms with Crippen LogP contribution in [0.1, 0.15) is 58.8 Å². The van der Waals surface area contributed by atoms with Gasteiger partial charge in [-0.05, 0) is 18.3 Å². The molecule has 0 aliphatic heterocycles. The standard InChI is InChI=1S/C13H23NO3/c1-13(2,9-12(16)17)8-11(15)14-10-6-4-3-5-7-10/h10H,3-9H2,1-2H3,(H,14,15)(H,16,17). The van der Waals surface area contributed by atoms with Crippen molar-refractivity contribution in [3.63, 3.8) is 0 Å². The Hall–Kier alpha value is -1.06. The van der Waals surface area contributed by atoms with Gasteiger partial charge in [-0.3, -0.25) is 9.59 Å². The van der Waals surface area contributed by atoms with Crippen molar-refractivity contribution in [2.45, 2.75) is 64.8 Å². The average molecular weight is 241 g/mol. The zero-order valence-electron chi connectivity index (χ0n) is 10.8. The third kappa shape index (κ3) is 5.71. The fraction of sp³-hybridized carbons (Fsp3) is 0.846. The monoisotopic (exact) mass is 241 g/mol. The summed E-state index contributed by atoms with van der Waals surface area (Å²) < 4.78 is 0. The van der Waals surface area contributed by atoms with E-state index >= 15 is 0 Å². The Morgan fingerprint density at radius 2 is 1.76 bits per heavy atom. The molecule has 0 unspecified atom stereocenters. The van der Waals surface area contributed by atoms with Crippen molar-refractivity contribution in [2.24, 2.45) is 5.41 Å². The molecule has 1 fully saturated rings. The molecule has 0 atom stereocenters. The minimum atomic E-state index is -0.847. The molecule has 0 aromatic carbocycles. The molecule has 4 nitrogen and oxygen atoms in total. The van der Waals surface area contributed by atoms with Crippen LogP contribution in [0.5, 0.6) is 0 Å². The molecule has 0 aromatic heterocycles. The molecule has 1 amide bonds. The number of hydrogen-bond donors (Lipinski definition) is 2. The zero-order chi connectivity index (χ0) is 12.9. The summed E-state index contributed by atoms with van der Waals surface area (Å²) in [6, 6.07) is 0.303. The highest BCUT2D eigenvalue weighted by molar-refractivity contribution is 5.78. The van der Waals surface area contributed by atoms with Crippen LogP contribution >= 0.6 is 0 Å². The molecule has 1 aliphatic rings. The molecule has 98 valence electrons. The maximum absolute atomic E-state index is 11.8. The van der Waals surface area contributed by atoms with Crippen LogP contribution in [-0.2, 0) is 9.59 Å². The number of amides is 1. The largest absolute Gasteiger partial charge is 0.481 e. The molecule has 0 saturated heterocycles. The number of nitrogens with one attached hydrogen (secondary N) is 1. The predicted molar refractivity (Wildman–Crippen MR) is 65.7 cm³/mol. The van der Waals surface area contributed by atoms with E-state index < -0.39 is 11.4 Å². The highest BCUT2D eigenvalue weighted by atomic mass is 16.4. The van der Waals surface area contributed by atoms with Gasteiger partial charge in [0.15, 0.2) is 0 Å². The van der Waals surface area contributed by atoms with E-state index in [0.717, 1.165) is 12.8 Å². The van der Waals surface area contributed by atoms with Crippen molar-refractivity contribution >= 4 is 11.9 Å². The van der Waals surface area contributed by atoms with Gasteiger partial charge in [0.1, 0.15) is 0 Å². The van der Waals surface area contributed by atoms with Crippen LogP contribution in [0.3, 0.4) is 0 Å². The lowest BCUT2D eigenvalue weighted by Crippen LogP contribution is -2.38. The fourth-order valence-electron chi connectivity index (χ4n) is 2.43. The van der Waals surface area contributed by atoms with E-state index in [0.29, 0.717) is 6.04 Å². The lowest BCUT2D eigenvalue weighted by Gasteiger charge is -2.26. The molecule has 4 heteroatoms. The normalized spacial score (nSPS) is 17.8. The van der Waals surface area contributed by atoms with Crippen LogP contribution < -0.4 is 5.32 Å². The average Bonchev–Trinajstić information content (AvgIpc) is 2.15. The number of carbonyl (C=O) groups excluding carboxylic acids is 1. The third-order valence-corrected chi connectivity index (χ3v) is 3.24. The van der Waals surface area contributed by atoms with Gasteiger partial charge in [0, 0.05) is 12.5 Å². The van der Waals surface area contributed by atoms with Gasteiger partial charge in [0.2, 0.25) is 5.91 Å². The number of carboxylic acid groups (broad SMARTS) is 1. The van der Waals surface area contributed by atoms with Crippen LogP contribution in [0.25, 0.3) is 0 Å². The van der Waals surface area contributed by atoms with Crippen LogP contribution in [0.2, 0.25) is 0 Å². The van der Waals surface area contributed by atoms with E-state index in [-0.39, 0.29) is 18.7 Å². The van der Waals surface area contributed by atoms with Gasteiger partial charge >= 0.3 is 5.97 Å². The summed E-state index contributed by atoms with van der Waals surface area (Å²) in [4.78, 5) is 22.5. The third-order valence-electron chi connectivity index (χ3n) is 3.24. The first-order chi connectivity index (χ1) is 7.89. The Kier molecular flexibility index (Phi) is 4.97. The first-order valence-electron chi connectivity index (χ1n) is 6.40. The number of hydrogen-bond acceptors (Lipinski definition) is 2. The van der Waals surface area contributed by atoms with Gasteiger partial charge in [-0.15, -0.1) is 0 Å². The predicted octanol–water partition coefficient (Wildman–Crippen LogP) is 2.33. The Balaban J connectivity index is 2.34. The minimum absolute atomic E-state index is 0.0110. The van der Waals surface area contributed by atoms with Crippen molar-refractivity contribution < 1.29 is 14.7 Å². The van der Waals surface area contributed by atoms with Gasteiger partial charge in [-0.2, -0.15) is 0 Å². The topological polar surface area (TPSA) is 66.4 Å². The summed E-state index contributed by atoms with van der Waals surface area (Å²) in [7, 11) is 0. The molecule has 0 heterocycles. The maximum Gasteiger partial charge on any atom is 0.303 e. The molecule has 17 heavy (non-hydrogen) atoms. The highest BCUT2D eigenvalue weighted by Gasteiger charge is 2.26. The molecule has 0 radical (unpaired) electrons. The molecular weight excluding hydrogens is 218 g/mol. The smallest absolute Gasteiger partial charge is 0.303 e. The number of carboxylic acids is 1. The molecule has 0 spiro atoms. The molecule has 1 aliphatic carbocycles. The van der Waals surface area contributed by atoms with E-state index in [1.54, 1.807) is 0 Å². The summed E-state index contributed by atoms with van der Waals surface area (Å²) >= 11 is 0. The van der Waals surface area contributed by atoms with Gasteiger partial charge in [0.05, 0.1) is 6.42 Å². The molecular formula is C13H23NO3. The van der Waals surface area contributed by atoms with E-state index in [2.05, 4.69) is 5.32 Å². The van der Waals surface area contributed by atoms with E-state index in [9.17, 15) is 9.59 Å². The first kappa shape index (κ1) is 14.0. The Morgan fingerprint density at radius 1 is 1.18 bits per heavy atom. The first-order valence-corrected chi connectivity index (χ1v) is 6.40. The zero-order valence-corrected chi connectivity index (χ0v) is 10.8. The van der Waals surface area contributed by atoms with Crippen LogP contribution in [-0.4, -0.2) is 23.0 Å². The summed E-state index contributed by atoms with van der Waals surface area (Å²) in [5, 5.41) is 11.8. The molecule has 1 saturated carbocycles. The van der Waals surface area contributed by atoms with Crippen molar-refractivity contribution in [3.8, 4) is 0 Å². The van der Waals surface area contributed by atoms with Crippen LogP contribution in [0, 0.1) is 5.41 Å². The second kappa shape index (κ2) is 6.03. The lowest BCUT2D eigenvalue weighted by molar-refractivity contribution is -0.139. The van der Waals surface area contributed by atoms with Gasteiger partial charge in [-0.25, -0.2) is 0 Å². The summed E-state index contributed by atoms with van der Waals surface area (Å²) in [6.45, 7) is 3.64.